The number of carbonyl (C=O) groups excluding carboxylic acids is 2. The first-order valence-corrected chi connectivity index (χ1v) is 6.66. The maximum absolute atomic E-state index is 13.5. The van der Waals surface area contributed by atoms with Crippen molar-refractivity contribution in [2.45, 2.75) is 13.0 Å². The summed E-state index contributed by atoms with van der Waals surface area (Å²) in [4.78, 5) is 22.5. The van der Waals surface area contributed by atoms with Gasteiger partial charge in [0.05, 0.1) is 20.1 Å². The number of carbonyl (C=O) groups is 2. The van der Waals surface area contributed by atoms with Crippen LogP contribution in [0.1, 0.15) is 17.5 Å². The first-order chi connectivity index (χ1) is 10.6. The van der Waals surface area contributed by atoms with E-state index in [1.165, 1.54) is 31.4 Å². The highest BCUT2D eigenvalue weighted by Crippen LogP contribution is 2.30. The summed E-state index contributed by atoms with van der Waals surface area (Å²) >= 11 is 0. The second-order valence-corrected chi connectivity index (χ2v) is 4.54. The number of benzene rings is 1. The molecule has 1 aromatic rings. The molecule has 22 heavy (non-hydrogen) atoms. The van der Waals surface area contributed by atoms with Crippen LogP contribution in [0.2, 0.25) is 0 Å². The topological polar surface area (TPSA) is 73.9 Å². The molecule has 0 fully saturated rings. The lowest BCUT2D eigenvalue weighted by molar-refractivity contribution is -0.140. The van der Waals surface area contributed by atoms with Gasteiger partial charge >= 0.3 is 5.97 Å². The number of fused-ring (bicyclic) bond motifs is 1. The average Bonchev–Trinajstić information content (AvgIpc) is 2.52. The molecule has 0 bridgehead atoms. The van der Waals surface area contributed by atoms with Crippen LogP contribution < -0.4 is 10.1 Å². The largest absolute Gasteiger partial charge is 0.469 e. The molecule has 0 radical (unpaired) electrons. The fourth-order valence-electron chi connectivity index (χ4n) is 1.95. The van der Waals surface area contributed by atoms with Gasteiger partial charge in [-0.2, -0.15) is 0 Å². The van der Waals surface area contributed by atoms with E-state index in [4.69, 9.17) is 9.47 Å². The van der Waals surface area contributed by atoms with Crippen molar-refractivity contribution >= 4 is 18.0 Å². The minimum atomic E-state index is -0.432. The number of halogens is 1. The molecule has 0 atom stereocenters. The Kier molecular flexibility index (Phi) is 5.48. The van der Waals surface area contributed by atoms with Crippen molar-refractivity contribution in [1.29, 1.82) is 0 Å². The predicted molar refractivity (Wildman–Crippen MR) is 75.4 cm³/mol. The standard InChI is InChI=1S/C15H16FNO5/c1-20-14(19)4-5-17-13(18)3-2-10-6-12(16)7-11-8-21-9-22-15(10)11/h2-3,6-7H,4-5,8-9H2,1H3,(H,17,18)/b3-2+. The minimum Gasteiger partial charge on any atom is -0.469 e. The Balaban J connectivity index is 1.99. The Morgan fingerprint density at radius 1 is 1.45 bits per heavy atom. The fraction of sp³-hybridized carbons (Fsp3) is 0.333. The summed E-state index contributed by atoms with van der Waals surface area (Å²) in [6.45, 7) is 0.519. The van der Waals surface area contributed by atoms with Gasteiger partial charge in [0, 0.05) is 23.7 Å². The summed E-state index contributed by atoms with van der Waals surface area (Å²) < 4.78 is 28.4. The van der Waals surface area contributed by atoms with Crippen LogP contribution in [0.5, 0.6) is 5.75 Å². The molecule has 0 aromatic heterocycles. The van der Waals surface area contributed by atoms with Crippen molar-refractivity contribution in [2.75, 3.05) is 20.4 Å². The second kappa shape index (κ2) is 7.56. The minimum absolute atomic E-state index is 0.0881. The first kappa shape index (κ1) is 16.0. The molecule has 0 spiro atoms. The van der Waals surface area contributed by atoms with Gasteiger partial charge < -0.3 is 19.5 Å². The van der Waals surface area contributed by atoms with Crippen LogP contribution in [0, 0.1) is 5.82 Å². The van der Waals surface area contributed by atoms with Gasteiger partial charge in [0.1, 0.15) is 11.6 Å². The van der Waals surface area contributed by atoms with Crippen LogP contribution in [0.25, 0.3) is 6.08 Å². The Labute approximate surface area is 126 Å². The summed E-state index contributed by atoms with van der Waals surface area (Å²) in [5.41, 5.74) is 1.05. The van der Waals surface area contributed by atoms with Crippen LogP contribution >= 0.6 is 0 Å². The number of ether oxygens (including phenoxy) is 3. The molecule has 118 valence electrons. The zero-order chi connectivity index (χ0) is 15.9. The van der Waals surface area contributed by atoms with Crippen molar-refractivity contribution in [3.63, 3.8) is 0 Å². The summed E-state index contributed by atoms with van der Waals surface area (Å²) in [6, 6.07) is 2.62. The molecule has 1 heterocycles. The fourth-order valence-corrected chi connectivity index (χ4v) is 1.95. The predicted octanol–water partition coefficient (Wildman–Crippen LogP) is 1.38. The number of esters is 1. The Hall–Kier alpha value is -2.41. The molecule has 0 unspecified atom stereocenters. The SMILES string of the molecule is COC(=O)CCNC(=O)/C=C/c1cc(F)cc2c1OCOC2. The number of amides is 1. The van der Waals surface area contributed by atoms with Gasteiger partial charge in [0.2, 0.25) is 5.91 Å². The lowest BCUT2D eigenvalue weighted by atomic mass is 10.1. The van der Waals surface area contributed by atoms with E-state index in [1.54, 1.807) is 0 Å². The lowest BCUT2D eigenvalue weighted by Gasteiger charge is -2.19. The van der Waals surface area contributed by atoms with Crippen LogP contribution in [0.15, 0.2) is 18.2 Å². The molecule has 1 aliphatic heterocycles. The normalized spacial score (nSPS) is 13.4. The molecule has 0 saturated heterocycles. The van der Waals surface area contributed by atoms with Gasteiger partial charge in [0.15, 0.2) is 6.79 Å². The molecule has 2 rings (SSSR count). The van der Waals surface area contributed by atoms with Crippen molar-refractivity contribution < 1.29 is 28.2 Å². The van der Waals surface area contributed by atoms with E-state index >= 15 is 0 Å². The van der Waals surface area contributed by atoms with Gasteiger partial charge in [-0.15, -0.1) is 0 Å². The first-order valence-electron chi connectivity index (χ1n) is 6.66. The molecule has 1 aromatic carbocycles. The molecule has 1 aliphatic rings. The monoisotopic (exact) mass is 309 g/mol. The summed E-state index contributed by atoms with van der Waals surface area (Å²) in [7, 11) is 1.28. The molecule has 1 amide bonds. The van der Waals surface area contributed by atoms with E-state index in [-0.39, 0.29) is 26.4 Å². The zero-order valence-electron chi connectivity index (χ0n) is 12.1. The van der Waals surface area contributed by atoms with E-state index < -0.39 is 17.7 Å². The van der Waals surface area contributed by atoms with E-state index in [2.05, 4.69) is 10.1 Å². The second-order valence-electron chi connectivity index (χ2n) is 4.54. The molecular weight excluding hydrogens is 293 g/mol. The third-order valence-corrected chi connectivity index (χ3v) is 2.97. The lowest BCUT2D eigenvalue weighted by Crippen LogP contribution is -2.24. The Morgan fingerprint density at radius 2 is 2.27 bits per heavy atom. The summed E-state index contributed by atoms with van der Waals surface area (Å²) in [5, 5.41) is 2.53. The van der Waals surface area contributed by atoms with Gasteiger partial charge in [-0.1, -0.05) is 0 Å². The van der Waals surface area contributed by atoms with E-state index in [1.807, 2.05) is 0 Å². The van der Waals surface area contributed by atoms with Crippen molar-refractivity contribution in [2.24, 2.45) is 0 Å². The van der Waals surface area contributed by atoms with Crippen molar-refractivity contribution in [3.8, 4) is 5.75 Å². The molecule has 0 aliphatic carbocycles. The van der Waals surface area contributed by atoms with Crippen LogP contribution in [0.4, 0.5) is 4.39 Å². The number of hydrogen-bond donors (Lipinski definition) is 1. The van der Waals surface area contributed by atoms with Crippen LogP contribution in [-0.4, -0.2) is 32.3 Å². The Morgan fingerprint density at radius 3 is 3.05 bits per heavy atom. The molecular formula is C15H16FNO5. The van der Waals surface area contributed by atoms with Crippen molar-refractivity contribution in [3.05, 3.63) is 35.2 Å². The van der Waals surface area contributed by atoms with Crippen LogP contribution in [-0.2, 0) is 25.7 Å². The molecule has 0 saturated carbocycles. The number of rotatable bonds is 5. The third kappa shape index (κ3) is 4.29. The molecule has 7 heteroatoms. The van der Waals surface area contributed by atoms with E-state index in [0.29, 0.717) is 16.9 Å². The smallest absolute Gasteiger partial charge is 0.307 e. The number of methoxy groups -OCH3 is 1. The molecule has 6 nitrogen and oxygen atoms in total. The highest BCUT2D eigenvalue weighted by molar-refractivity contribution is 5.92. The highest BCUT2D eigenvalue weighted by atomic mass is 19.1. The number of hydrogen-bond acceptors (Lipinski definition) is 5. The average molecular weight is 309 g/mol. The van der Waals surface area contributed by atoms with Gasteiger partial charge in [-0.3, -0.25) is 9.59 Å². The maximum atomic E-state index is 13.5. The third-order valence-electron chi connectivity index (χ3n) is 2.97. The Bertz CT molecular complexity index is 600. The zero-order valence-corrected chi connectivity index (χ0v) is 12.1. The summed E-state index contributed by atoms with van der Waals surface area (Å²) in [6.07, 6.45) is 2.80. The van der Waals surface area contributed by atoms with Crippen LogP contribution in [0.3, 0.4) is 0 Å². The van der Waals surface area contributed by atoms with Gasteiger partial charge in [-0.25, -0.2) is 4.39 Å². The maximum Gasteiger partial charge on any atom is 0.307 e. The molecule has 1 N–H and O–H groups in total. The van der Waals surface area contributed by atoms with Gasteiger partial charge in [-0.05, 0) is 18.2 Å². The quantitative estimate of drug-likeness (QED) is 0.657. The summed E-state index contributed by atoms with van der Waals surface area (Å²) in [5.74, 6) is -0.726. The van der Waals surface area contributed by atoms with Gasteiger partial charge in [0.25, 0.3) is 0 Å². The number of nitrogens with one attached hydrogen (secondary N) is 1. The van der Waals surface area contributed by atoms with E-state index in [0.717, 1.165) is 0 Å². The van der Waals surface area contributed by atoms with E-state index in [9.17, 15) is 14.0 Å². The highest BCUT2D eigenvalue weighted by Gasteiger charge is 2.15. The van der Waals surface area contributed by atoms with Crippen molar-refractivity contribution in [1.82, 2.24) is 5.32 Å².